The van der Waals surface area contributed by atoms with Gasteiger partial charge in [-0.15, -0.1) is 0 Å². The van der Waals surface area contributed by atoms with Crippen LogP contribution in [0.15, 0.2) is 18.2 Å². The van der Waals surface area contributed by atoms with Crippen LogP contribution in [0.3, 0.4) is 0 Å². The fraction of sp³-hybridized carbons (Fsp3) is 0.556. The summed E-state index contributed by atoms with van der Waals surface area (Å²) in [6.07, 6.45) is 4.11. The highest BCUT2D eigenvalue weighted by Crippen LogP contribution is 2.34. The first-order chi connectivity index (χ1) is 11.5. The molecule has 5 nitrogen and oxygen atoms in total. The molecule has 2 amide bonds. The van der Waals surface area contributed by atoms with Crippen LogP contribution < -0.4 is 9.64 Å². The summed E-state index contributed by atoms with van der Waals surface area (Å²) in [4.78, 5) is 29.0. The lowest BCUT2D eigenvalue weighted by atomic mass is 10.0. The Balaban J connectivity index is 1.80. The van der Waals surface area contributed by atoms with Crippen molar-refractivity contribution in [2.45, 2.75) is 38.6 Å². The molecule has 1 aliphatic heterocycles. The average Bonchev–Trinajstić information content (AvgIpc) is 3.11. The first kappa shape index (κ1) is 17.1. The van der Waals surface area contributed by atoms with Gasteiger partial charge in [0.2, 0.25) is 11.8 Å². The van der Waals surface area contributed by atoms with Crippen molar-refractivity contribution in [2.24, 2.45) is 5.92 Å². The summed E-state index contributed by atoms with van der Waals surface area (Å²) < 4.78 is 5.36. The van der Waals surface area contributed by atoms with Crippen LogP contribution in [0.25, 0.3) is 0 Å². The van der Waals surface area contributed by atoms with Crippen molar-refractivity contribution < 1.29 is 14.3 Å². The molecule has 1 atom stereocenters. The SMILES string of the molecule is COc1ccc(Cl)cc1N1CCN(C(=O)C2CCCC2)C(C)C1=O. The molecule has 0 aromatic heterocycles. The number of halogens is 1. The molecule has 0 radical (unpaired) electrons. The van der Waals surface area contributed by atoms with E-state index in [9.17, 15) is 9.59 Å². The number of hydrogen-bond acceptors (Lipinski definition) is 3. The highest BCUT2D eigenvalue weighted by atomic mass is 35.5. The normalized spacial score (nSPS) is 22.1. The van der Waals surface area contributed by atoms with Gasteiger partial charge in [0.25, 0.3) is 0 Å². The molecule has 1 aromatic carbocycles. The van der Waals surface area contributed by atoms with E-state index in [1.54, 1.807) is 42.0 Å². The summed E-state index contributed by atoms with van der Waals surface area (Å²) in [5, 5.41) is 0.552. The van der Waals surface area contributed by atoms with Crippen molar-refractivity contribution in [3.63, 3.8) is 0 Å². The quantitative estimate of drug-likeness (QED) is 0.841. The Labute approximate surface area is 147 Å². The van der Waals surface area contributed by atoms with E-state index >= 15 is 0 Å². The number of methoxy groups -OCH3 is 1. The minimum atomic E-state index is -0.462. The minimum Gasteiger partial charge on any atom is -0.495 e. The Morgan fingerprint density at radius 2 is 1.96 bits per heavy atom. The molecule has 130 valence electrons. The number of hydrogen-bond donors (Lipinski definition) is 0. The fourth-order valence-corrected chi connectivity index (χ4v) is 3.86. The monoisotopic (exact) mass is 350 g/mol. The van der Waals surface area contributed by atoms with Gasteiger partial charge in [-0.05, 0) is 38.0 Å². The van der Waals surface area contributed by atoms with Gasteiger partial charge in [0.15, 0.2) is 0 Å². The highest BCUT2D eigenvalue weighted by molar-refractivity contribution is 6.31. The van der Waals surface area contributed by atoms with Crippen LogP contribution in [-0.4, -0.2) is 43.0 Å². The number of carbonyl (C=O) groups excluding carboxylic acids is 2. The molecule has 3 rings (SSSR count). The molecule has 1 heterocycles. The largest absolute Gasteiger partial charge is 0.495 e. The van der Waals surface area contributed by atoms with Crippen LogP contribution in [0.2, 0.25) is 5.02 Å². The van der Waals surface area contributed by atoms with Gasteiger partial charge in [0, 0.05) is 24.0 Å². The van der Waals surface area contributed by atoms with E-state index in [1.807, 2.05) is 0 Å². The number of piperazine rings is 1. The van der Waals surface area contributed by atoms with Gasteiger partial charge in [0.1, 0.15) is 11.8 Å². The molecular weight excluding hydrogens is 328 g/mol. The number of carbonyl (C=O) groups is 2. The lowest BCUT2D eigenvalue weighted by molar-refractivity contribution is -0.143. The first-order valence-electron chi connectivity index (χ1n) is 8.48. The molecule has 1 saturated carbocycles. The Bertz CT molecular complexity index is 643. The summed E-state index contributed by atoms with van der Waals surface area (Å²) in [7, 11) is 1.57. The fourth-order valence-electron chi connectivity index (χ4n) is 3.69. The molecule has 0 N–H and O–H groups in total. The highest BCUT2D eigenvalue weighted by Gasteiger charge is 2.38. The zero-order chi connectivity index (χ0) is 17.3. The van der Waals surface area contributed by atoms with E-state index in [1.165, 1.54) is 0 Å². The second kappa shape index (κ2) is 7.01. The van der Waals surface area contributed by atoms with Crippen molar-refractivity contribution in [2.75, 3.05) is 25.1 Å². The van der Waals surface area contributed by atoms with Gasteiger partial charge in [0.05, 0.1) is 12.8 Å². The Kier molecular flexibility index (Phi) is 4.99. The molecule has 0 spiro atoms. The summed E-state index contributed by atoms with van der Waals surface area (Å²) in [5.74, 6) is 0.738. The maximum atomic E-state index is 12.9. The second-order valence-electron chi connectivity index (χ2n) is 6.50. The van der Waals surface area contributed by atoms with E-state index in [0.29, 0.717) is 29.5 Å². The Morgan fingerprint density at radius 3 is 2.62 bits per heavy atom. The van der Waals surface area contributed by atoms with Crippen molar-refractivity contribution in [3.8, 4) is 5.75 Å². The Hall–Kier alpha value is -1.75. The van der Waals surface area contributed by atoms with E-state index < -0.39 is 6.04 Å². The third-order valence-corrected chi connectivity index (χ3v) is 5.31. The summed E-state index contributed by atoms with van der Waals surface area (Å²) in [6, 6.07) is 4.76. The number of anilines is 1. The van der Waals surface area contributed by atoms with Crippen molar-refractivity contribution in [1.29, 1.82) is 0 Å². The van der Waals surface area contributed by atoms with Crippen LogP contribution in [0.5, 0.6) is 5.75 Å². The summed E-state index contributed by atoms with van der Waals surface area (Å²) in [5.41, 5.74) is 0.662. The maximum absolute atomic E-state index is 12.9. The lowest BCUT2D eigenvalue weighted by Crippen LogP contribution is -2.58. The average molecular weight is 351 g/mol. The second-order valence-corrected chi connectivity index (χ2v) is 6.93. The molecule has 1 saturated heterocycles. The molecule has 2 aliphatic rings. The minimum absolute atomic E-state index is 0.0897. The van der Waals surface area contributed by atoms with Gasteiger partial charge in [-0.25, -0.2) is 0 Å². The third kappa shape index (κ3) is 3.09. The predicted octanol–water partition coefficient (Wildman–Crippen LogP) is 3.10. The molecule has 6 heteroatoms. The third-order valence-electron chi connectivity index (χ3n) is 5.07. The van der Waals surface area contributed by atoms with Crippen LogP contribution in [0.4, 0.5) is 5.69 Å². The number of rotatable bonds is 3. The zero-order valence-corrected chi connectivity index (χ0v) is 14.9. The molecule has 1 aliphatic carbocycles. The van der Waals surface area contributed by atoms with Crippen LogP contribution in [-0.2, 0) is 9.59 Å². The van der Waals surface area contributed by atoms with Crippen LogP contribution >= 0.6 is 11.6 Å². The van der Waals surface area contributed by atoms with Crippen molar-refractivity contribution >= 4 is 29.1 Å². The zero-order valence-electron chi connectivity index (χ0n) is 14.1. The number of amides is 2. The van der Waals surface area contributed by atoms with Gasteiger partial charge in [-0.1, -0.05) is 24.4 Å². The van der Waals surface area contributed by atoms with Crippen LogP contribution in [0.1, 0.15) is 32.6 Å². The van der Waals surface area contributed by atoms with Gasteiger partial charge in [-0.2, -0.15) is 0 Å². The predicted molar refractivity (Wildman–Crippen MR) is 93.5 cm³/mol. The van der Waals surface area contributed by atoms with E-state index in [0.717, 1.165) is 25.7 Å². The maximum Gasteiger partial charge on any atom is 0.249 e. The van der Waals surface area contributed by atoms with Crippen molar-refractivity contribution in [3.05, 3.63) is 23.2 Å². The van der Waals surface area contributed by atoms with Gasteiger partial charge in [-0.3, -0.25) is 9.59 Å². The van der Waals surface area contributed by atoms with Gasteiger partial charge >= 0.3 is 0 Å². The number of ether oxygens (including phenoxy) is 1. The number of benzene rings is 1. The summed E-state index contributed by atoms with van der Waals surface area (Å²) >= 11 is 6.08. The standard InChI is InChI=1S/C18H23ClN2O3/c1-12-17(22)21(15-11-14(19)7-8-16(15)24-2)10-9-20(12)18(23)13-5-3-4-6-13/h7-8,11-13H,3-6,9-10H2,1-2H3. The summed E-state index contributed by atoms with van der Waals surface area (Å²) in [6.45, 7) is 2.80. The van der Waals surface area contributed by atoms with Crippen molar-refractivity contribution in [1.82, 2.24) is 4.90 Å². The van der Waals surface area contributed by atoms with Gasteiger partial charge < -0.3 is 14.5 Å². The van der Waals surface area contributed by atoms with E-state index in [-0.39, 0.29) is 17.7 Å². The smallest absolute Gasteiger partial charge is 0.249 e. The molecule has 1 unspecified atom stereocenters. The molecule has 1 aromatic rings. The molecular formula is C18H23ClN2O3. The molecule has 24 heavy (non-hydrogen) atoms. The Morgan fingerprint density at radius 1 is 1.25 bits per heavy atom. The molecule has 0 bridgehead atoms. The van der Waals surface area contributed by atoms with Crippen LogP contribution in [0, 0.1) is 5.92 Å². The first-order valence-corrected chi connectivity index (χ1v) is 8.86. The van der Waals surface area contributed by atoms with E-state index in [4.69, 9.17) is 16.3 Å². The topological polar surface area (TPSA) is 49.9 Å². The lowest BCUT2D eigenvalue weighted by Gasteiger charge is -2.40. The number of nitrogens with zero attached hydrogens (tertiary/aromatic N) is 2. The molecule has 2 fully saturated rings. The van der Waals surface area contributed by atoms with E-state index in [2.05, 4.69) is 0 Å².